The number of ketones is 1. The number of rotatable bonds is 4. The molecule has 0 spiro atoms. The first kappa shape index (κ1) is 16.2. The van der Waals surface area contributed by atoms with Gasteiger partial charge in [-0.15, -0.1) is 0 Å². The fourth-order valence-electron chi connectivity index (χ4n) is 1.02. The molecule has 0 heterocycles. The minimum atomic E-state index is -0.161. The van der Waals surface area contributed by atoms with Crippen LogP contribution in [0.2, 0.25) is 25.1 Å². The zero-order valence-electron chi connectivity index (χ0n) is 9.49. The molecule has 0 radical (unpaired) electrons. The van der Waals surface area contributed by atoms with Crippen LogP contribution in [-0.4, -0.2) is 12.4 Å². The Morgan fingerprint density at radius 2 is 1.33 bits per heavy atom. The molecule has 0 aliphatic heterocycles. The summed E-state index contributed by atoms with van der Waals surface area (Å²) in [6.07, 6.45) is 0. The number of hydrogen-bond donors (Lipinski definition) is 0. The van der Waals surface area contributed by atoms with E-state index in [9.17, 15) is 4.79 Å². The van der Waals surface area contributed by atoms with Crippen LogP contribution in [0.1, 0.15) is 13.8 Å². The Bertz CT molecular complexity index is 456. The molecule has 0 aromatic heterocycles. The lowest BCUT2D eigenvalue weighted by atomic mass is 10.1. The molecule has 0 N–H and O–H groups in total. The molecular formula is C11H9Cl5O2. The lowest BCUT2D eigenvalue weighted by molar-refractivity contribution is -0.123. The number of halogens is 5. The molecule has 0 bridgehead atoms. The van der Waals surface area contributed by atoms with Crippen LogP contribution < -0.4 is 4.74 Å². The molecule has 100 valence electrons. The van der Waals surface area contributed by atoms with E-state index >= 15 is 0 Å². The zero-order valence-corrected chi connectivity index (χ0v) is 13.3. The Labute approximate surface area is 130 Å². The summed E-state index contributed by atoms with van der Waals surface area (Å²) in [5, 5.41) is 0.204. The molecule has 0 saturated carbocycles. The second-order valence-electron chi connectivity index (χ2n) is 3.81. The third-order valence-corrected chi connectivity index (χ3v) is 4.41. The molecule has 1 rings (SSSR count). The van der Waals surface area contributed by atoms with Crippen molar-refractivity contribution in [1.29, 1.82) is 0 Å². The first-order valence-electron chi connectivity index (χ1n) is 4.94. The molecule has 0 saturated heterocycles. The molecular weight excluding hydrogens is 341 g/mol. The summed E-state index contributed by atoms with van der Waals surface area (Å²) < 4.78 is 5.27. The van der Waals surface area contributed by atoms with E-state index in [1.165, 1.54) is 0 Å². The number of hydrogen-bond acceptors (Lipinski definition) is 2. The highest BCUT2D eigenvalue weighted by atomic mass is 35.5. The van der Waals surface area contributed by atoms with Crippen molar-refractivity contribution in [1.82, 2.24) is 0 Å². The van der Waals surface area contributed by atoms with E-state index in [2.05, 4.69) is 0 Å². The Morgan fingerprint density at radius 3 is 1.72 bits per heavy atom. The quantitative estimate of drug-likeness (QED) is 0.525. The molecule has 1 aromatic carbocycles. The maximum atomic E-state index is 11.5. The van der Waals surface area contributed by atoms with Crippen molar-refractivity contribution in [2.45, 2.75) is 13.8 Å². The van der Waals surface area contributed by atoms with Crippen molar-refractivity contribution >= 4 is 63.8 Å². The molecule has 0 aliphatic rings. The molecule has 0 unspecified atom stereocenters. The zero-order chi connectivity index (χ0) is 14.0. The van der Waals surface area contributed by atoms with Gasteiger partial charge in [-0.1, -0.05) is 71.9 Å². The molecule has 18 heavy (non-hydrogen) atoms. The average Bonchev–Trinajstić information content (AvgIpc) is 2.33. The molecule has 2 nitrogen and oxygen atoms in total. The van der Waals surface area contributed by atoms with Crippen LogP contribution >= 0.6 is 58.0 Å². The number of Topliss-reactive ketones (excluding diaryl/α,β-unsaturated/α-hetero) is 1. The Morgan fingerprint density at radius 1 is 0.944 bits per heavy atom. The van der Waals surface area contributed by atoms with Gasteiger partial charge in [0.05, 0.1) is 15.1 Å². The maximum absolute atomic E-state index is 11.5. The van der Waals surface area contributed by atoms with Crippen molar-refractivity contribution < 1.29 is 9.53 Å². The Balaban J connectivity index is 3.07. The van der Waals surface area contributed by atoms with Crippen LogP contribution in [0.15, 0.2) is 0 Å². The van der Waals surface area contributed by atoms with Gasteiger partial charge >= 0.3 is 0 Å². The largest absolute Gasteiger partial charge is 0.483 e. The molecule has 0 fully saturated rings. The van der Waals surface area contributed by atoms with Gasteiger partial charge in [-0.2, -0.15) is 0 Å². The van der Waals surface area contributed by atoms with Gasteiger partial charge in [-0.05, 0) is 0 Å². The third-order valence-electron chi connectivity index (χ3n) is 2.17. The summed E-state index contributed by atoms with van der Waals surface area (Å²) in [5.41, 5.74) is 0. The van der Waals surface area contributed by atoms with Crippen LogP contribution in [0.25, 0.3) is 0 Å². The number of carbonyl (C=O) groups is 1. The molecule has 1 aromatic rings. The summed E-state index contributed by atoms with van der Waals surface area (Å²) in [6.45, 7) is 3.36. The van der Waals surface area contributed by atoms with Crippen LogP contribution in [0.3, 0.4) is 0 Å². The fraction of sp³-hybridized carbons (Fsp3) is 0.364. The lowest BCUT2D eigenvalue weighted by Gasteiger charge is -2.13. The number of carbonyl (C=O) groups excluding carboxylic acids is 1. The predicted octanol–water partition coefficient (Wildman–Crippen LogP) is 5.56. The standard InChI is InChI=1S/C11H9Cl5O2/c1-4(2)5(17)3-18-11-9(15)7(13)6(12)8(14)10(11)16/h4H,3H2,1-2H3. The van der Waals surface area contributed by atoms with Crippen LogP contribution in [0.4, 0.5) is 0 Å². The van der Waals surface area contributed by atoms with Crippen LogP contribution in [-0.2, 0) is 4.79 Å². The molecule has 7 heteroatoms. The minimum Gasteiger partial charge on any atom is -0.483 e. The summed E-state index contributed by atoms with van der Waals surface area (Å²) in [5.74, 6) is -0.183. The summed E-state index contributed by atoms with van der Waals surface area (Å²) in [6, 6.07) is 0. The van der Waals surface area contributed by atoms with Crippen molar-refractivity contribution in [3.63, 3.8) is 0 Å². The van der Waals surface area contributed by atoms with E-state index in [1.54, 1.807) is 13.8 Å². The van der Waals surface area contributed by atoms with E-state index < -0.39 is 0 Å². The van der Waals surface area contributed by atoms with Crippen molar-refractivity contribution in [3.05, 3.63) is 25.1 Å². The van der Waals surface area contributed by atoms with E-state index in [4.69, 9.17) is 62.7 Å². The second-order valence-corrected chi connectivity index (χ2v) is 5.70. The van der Waals surface area contributed by atoms with Crippen LogP contribution in [0, 0.1) is 5.92 Å². The highest BCUT2D eigenvalue weighted by molar-refractivity contribution is 6.55. The Hall–Kier alpha value is 0.140. The van der Waals surface area contributed by atoms with E-state index in [-0.39, 0.29) is 49.2 Å². The first-order valence-corrected chi connectivity index (χ1v) is 6.83. The van der Waals surface area contributed by atoms with Gasteiger partial charge in [-0.3, -0.25) is 4.79 Å². The normalized spacial score (nSPS) is 10.9. The van der Waals surface area contributed by atoms with E-state index in [0.29, 0.717) is 0 Å². The highest BCUT2D eigenvalue weighted by Crippen LogP contribution is 2.48. The smallest absolute Gasteiger partial charge is 0.172 e. The summed E-state index contributed by atoms with van der Waals surface area (Å²) >= 11 is 29.4. The van der Waals surface area contributed by atoms with Crippen molar-refractivity contribution in [2.24, 2.45) is 5.92 Å². The number of ether oxygens (including phenoxy) is 1. The summed E-state index contributed by atoms with van der Waals surface area (Å²) in [4.78, 5) is 11.5. The first-order chi connectivity index (χ1) is 8.27. The van der Waals surface area contributed by atoms with Gasteiger partial charge in [0.1, 0.15) is 16.7 Å². The second kappa shape index (κ2) is 6.53. The maximum Gasteiger partial charge on any atom is 0.172 e. The highest BCUT2D eigenvalue weighted by Gasteiger charge is 2.21. The molecule has 0 aliphatic carbocycles. The van der Waals surface area contributed by atoms with Gasteiger partial charge in [0.25, 0.3) is 0 Å². The molecule has 0 atom stereocenters. The summed E-state index contributed by atoms with van der Waals surface area (Å²) in [7, 11) is 0. The van der Waals surface area contributed by atoms with Crippen molar-refractivity contribution in [2.75, 3.05) is 6.61 Å². The van der Waals surface area contributed by atoms with Gasteiger partial charge < -0.3 is 4.74 Å². The number of benzene rings is 1. The van der Waals surface area contributed by atoms with E-state index in [1.807, 2.05) is 0 Å². The monoisotopic (exact) mass is 348 g/mol. The fourth-order valence-corrected chi connectivity index (χ4v) is 2.25. The third kappa shape index (κ3) is 3.37. The SMILES string of the molecule is CC(C)C(=O)COc1c(Cl)c(Cl)c(Cl)c(Cl)c1Cl. The predicted molar refractivity (Wildman–Crippen MR) is 76.8 cm³/mol. The van der Waals surface area contributed by atoms with Gasteiger partial charge in [0.15, 0.2) is 11.5 Å². The average molecular weight is 350 g/mol. The topological polar surface area (TPSA) is 26.3 Å². The Kier molecular flexibility index (Phi) is 5.88. The van der Waals surface area contributed by atoms with Crippen LogP contribution in [0.5, 0.6) is 5.75 Å². The van der Waals surface area contributed by atoms with Gasteiger partial charge in [0.2, 0.25) is 0 Å². The van der Waals surface area contributed by atoms with Gasteiger partial charge in [0, 0.05) is 5.92 Å². The minimum absolute atomic E-state index is 0.0348. The van der Waals surface area contributed by atoms with Gasteiger partial charge in [-0.25, -0.2) is 0 Å². The lowest BCUT2D eigenvalue weighted by Crippen LogP contribution is -2.17. The van der Waals surface area contributed by atoms with Crippen molar-refractivity contribution in [3.8, 4) is 5.75 Å². The van der Waals surface area contributed by atoms with E-state index in [0.717, 1.165) is 0 Å². The molecule has 0 amide bonds.